The molecule has 2 heterocycles. The van der Waals surface area contributed by atoms with Gasteiger partial charge in [0.15, 0.2) is 0 Å². The van der Waals surface area contributed by atoms with Gasteiger partial charge in [0, 0.05) is 0 Å². The number of aromatic carboxylic acids is 2. The van der Waals surface area contributed by atoms with Gasteiger partial charge in [-0.3, -0.25) is 9.44 Å². The number of halogens is 1. The van der Waals surface area contributed by atoms with E-state index in [0.29, 0.717) is 11.1 Å². The smallest absolute Gasteiger partial charge is 0.348 e. The first-order chi connectivity index (χ1) is 20.7. The standard InChI is InChI=1S/2C13H13NO4S2.C2H6.CH3Br/c2*1-8-4-3-5-11(9(8)2)20(17,18)14-10-6-7-19-12(10)13(15)16;2*1-2/h2*3-7,14H,1-2H3,(H,15,16);1-2H3;1H3. The van der Waals surface area contributed by atoms with Gasteiger partial charge in [-0.25, -0.2) is 26.4 Å². The molecule has 0 amide bonds. The summed E-state index contributed by atoms with van der Waals surface area (Å²) >= 11 is 4.89. The van der Waals surface area contributed by atoms with Crippen LogP contribution in [0, 0.1) is 27.7 Å². The van der Waals surface area contributed by atoms with Gasteiger partial charge in [0.1, 0.15) is 9.75 Å². The van der Waals surface area contributed by atoms with Crippen molar-refractivity contribution in [1.29, 1.82) is 0 Å². The number of benzene rings is 2. The third-order valence-electron chi connectivity index (χ3n) is 5.90. The van der Waals surface area contributed by atoms with Gasteiger partial charge in [-0.1, -0.05) is 54.0 Å². The second kappa shape index (κ2) is 17.3. The largest absolute Gasteiger partial charge is 0.477 e. The number of nitrogens with one attached hydrogen (secondary N) is 2. The van der Waals surface area contributed by atoms with Gasteiger partial charge >= 0.3 is 11.9 Å². The van der Waals surface area contributed by atoms with E-state index < -0.39 is 32.0 Å². The molecule has 0 aliphatic heterocycles. The van der Waals surface area contributed by atoms with Gasteiger partial charge in [-0.05, 0) is 90.8 Å². The summed E-state index contributed by atoms with van der Waals surface area (Å²) in [6, 6.07) is 12.8. The summed E-state index contributed by atoms with van der Waals surface area (Å²) in [4.78, 5) is 22.3. The lowest BCUT2D eigenvalue weighted by Gasteiger charge is -2.11. The maximum atomic E-state index is 12.3. The van der Waals surface area contributed by atoms with Gasteiger partial charge in [0.05, 0.1) is 21.2 Å². The molecule has 4 rings (SSSR count). The van der Waals surface area contributed by atoms with Crippen LogP contribution < -0.4 is 9.44 Å². The highest BCUT2D eigenvalue weighted by molar-refractivity contribution is 9.08. The number of thiophene rings is 2. The van der Waals surface area contributed by atoms with Crippen molar-refractivity contribution in [3.8, 4) is 0 Å². The fraction of sp³-hybridized carbons (Fsp3) is 0.241. The van der Waals surface area contributed by atoms with E-state index in [0.717, 1.165) is 33.8 Å². The summed E-state index contributed by atoms with van der Waals surface area (Å²) in [5.74, 6) is -0.496. The van der Waals surface area contributed by atoms with Crippen molar-refractivity contribution < 1.29 is 36.6 Å². The van der Waals surface area contributed by atoms with Gasteiger partial charge in [0.25, 0.3) is 20.0 Å². The van der Waals surface area contributed by atoms with Crippen LogP contribution >= 0.6 is 38.6 Å². The Kier molecular flexibility index (Phi) is 15.2. The fourth-order valence-corrected chi connectivity index (χ4v) is 7.83. The predicted molar refractivity (Wildman–Crippen MR) is 182 cm³/mol. The molecule has 0 radical (unpaired) electrons. The molecule has 0 saturated heterocycles. The molecule has 0 atom stereocenters. The quantitative estimate of drug-likeness (QED) is 0.133. The van der Waals surface area contributed by atoms with Gasteiger partial charge in [-0.2, -0.15) is 0 Å². The Morgan fingerprint density at radius 2 is 0.955 bits per heavy atom. The first kappa shape index (κ1) is 38.8. The number of sulfonamides is 2. The second-order valence-electron chi connectivity index (χ2n) is 8.54. The number of hydrogen-bond donors (Lipinski definition) is 4. The molecule has 0 fully saturated rings. The highest BCUT2D eigenvalue weighted by Crippen LogP contribution is 2.28. The topological polar surface area (TPSA) is 167 Å². The number of rotatable bonds is 8. The Morgan fingerprint density at radius 1 is 0.636 bits per heavy atom. The molecule has 0 aliphatic carbocycles. The molecule has 240 valence electrons. The first-order valence-electron chi connectivity index (χ1n) is 12.8. The molecular weight excluding hydrogens is 712 g/mol. The van der Waals surface area contributed by atoms with Crippen molar-refractivity contribution in [2.45, 2.75) is 51.3 Å². The summed E-state index contributed by atoms with van der Waals surface area (Å²) in [6.45, 7) is 11.1. The minimum Gasteiger partial charge on any atom is -0.477 e. The Labute approximate surface area is 275 Å². The lowest BCUT2D eigenvalue weighted by atomic mass is 10.1. The monoisotopic (exact) mass is 746 g/mol. The summed E-state index contributed by atoms with van der Waals surface area (Å²) in [5.41, 5.74) is 3.18. The third kappa shape index (κ3) is 9.89. The highest BCUT2D eigenvalue weighted by atomic mass is 79.9. The molecule has 4 aromatic rings. The van der Waals surface area contributed by atoms with Crippen LogP contribution in [0.25, 0.3) is 0 Å². The summed E-state index contributed by atoms with van der Waals surface area (Å²) in [5, 5.41) is 21.1. The molecular formula is C29H35BrN2O8S4. The minimum absolute atomic E-state index is 0.0288. The van der Waals surface area contributed by atoms with Gasteiger partial charge in [0.2, 0.25) is 0 Å². The predicted octanol–water partition coefficient (Wildman–Crippen LogP) is 7.77. The third-order valence-corrected chi connectivity index (χ3v) is 10.7. The van der Waals surface area contributed by atoms with Crippen molar-refractivity contribution in [3.05, 3.63) is 91.3 Å². The van der Waals surface area contributed by atoms with Crippen LogP contribution in [-0.2, 0) is 20.0 Å². The van der Waals surface area contributed by atoms with Gasteiger partial charge < -0.3 is 10.2 Å². The van der Waals surface area contributed by atoms with E-state index in [-0.39, 0.29) is 30.9 Å². The van der Waals surface area contributed by atoms with Gasteiger partial charge in [-0.15, -0.1) is 22.7 Å². The number of anilines is 2. The van der Waals surface area contributed by atoms with Crippen LogP contribution in [0.5, 0.6) is 0 Å². The van der Waals surface area contributed by atoms with Crippen LogP contribution in [0.3, 0.4) is 0 Å². The maximum absolute atomic E-state index is 12.3. The zero-order valence-electron chi connectivity index (χ0n) is 25.1. The molecule has 2 aromatic heterocycles. The molecule has 4 N–H and O–H groups in total. The van der Waals surface area contributed by atoms with Crippen LogP contribution in [0.4, 0.5) is 11.4 Å². The number of carbonyl (C=O) groups is 2. The average Bonchev–Trinajstić information content (AvgIpc) is 3.63. The Balaban J connectivity index is 0.000000395. The molecule has 10 nitrogen and oxygen atoms in total. The zero-order valence-corrected chi connectivity index (χ0v) is 30.0. The van der Waals surface area contributed by atoms with Crippen molar-refractivity contribution in [2.75, 3.05) is 15.3 Å². The average molecular weight is 748 g/mol. The Bertz CT molecular complexity index is 1670. The fourth-order valence-electron chi connectivity index (χ4n) is 3.54. The SMILES string of the molecule is CBr.CC.Cc1cccc(S(=O)(=O)Nc2ccsc2C(=O)O)c1C.Cc1cccc(S(=O)(=O)Nc2ccsc2C(=O)O)c1C. The summed E-state index contributed by atoms with van der Waals surface area (Å²) < 4.78 is 54.1. The number of hydrogen-bond acceptors (Lipinski definition) is 8. The molecule has 44 heavy (non-hydrogen) atoms. The Hall–Kier alpha value is -3.24. The van der Waals surface area contributed by atoms with Crippen LogP contribution in [0.2, 0.25) is 0 Å². The number of alkyl halides is 1. The van der Waals surface area contributed by atoms with Crippen LogP contribution in [0.1, 0.15) is 55.4 Å². The first-order valence-corrected chi connectivity index (χ1v) is 19.1. The lowest BCUT2D eigenvalue weighted by Crippen LogP contribution is -2.15. The van der Waals surface area contributed by atoms with Crippen molar-refractivity contribution in [2.24, 2.45) is 0 Å². The normalized spacial score (nSPS) is 10.5. The van der Waals surface area contributed by atoms with E-state index in [9.17, 15) is 26.4 Å². The molecule has 15 heteroatoms. The second-order valence-corrected chi connectivity index (χ2v) is 13.7. The zero-order chi connectivity index (χ0) is 33.8. The van der Waals surface area contributed by atoms with E-state index in [2.05, 4.69) is 25.4 Å². The van der Waals surface area contributed by atoms with E-state index in [1.165, 1.54) is 35.0 Å². The minimum atomic E-state index is -3.80. The van der Waals surface area contributed by atoms with Crippen LogP contribution in [-0.4, -0.2) is 44.8 Å². The number of carboxylic acid groups (broad SMARTS) is 2. The van der Waals surface area contributed by atoms with E-state index in [1.54, 1.807) is 26.0 Å². The molecule has 0 saturated carbocycles. The van der Waals surface area contributed by atoms with E-state index in [1.807, 2.05) is 45.7 Å². The van der Waals surface area contributed by atoms with Crippen molar-refractivity contribution in [1.82, 2.24) is 0 Å². The highest BCUT2D eigenvalue weighted by Gasteiger charge is 2.23. The molecule has 0 aliphatic rings. The molecule has 0 bridgehead atoms. The molecule has 0 spiro atoms. The Morgan fingerprint density at radius 3 is 1.25 bits per heavy atom. The van der Waals surface area contributed by atoms with Crippen molar-refractivity contribution in [3.63, 3.8) is 0 Å². The molecule has 2 aromatic carbocycles. The summed E-state index contributed by atoms with van der Waals surface area (Å²) in [6.07, 6.45) is 0. The number of aryl methyl sites for hydroxylation is 2. The maximum Gasteiger partial charge on any atom is 0.348 e. The van der Waals surface area contributed by atoms with Crippen molar-refractivity contribution >= 4 is 82.0 Å². The van der Waals surface area contributed by atoms with Crippen LogP contribution in [0.15, 0.2) is 69.1 Å². The van der Waals surface area contributed by atoms with E-state index in [4.69, 9.17) is 10.2 Å². The van der Waals surface area contributed by atoms with E-state index >= 15 is 0 Å². The number of carboxylic acids is 2. The molecule has 0 unspecified atom stereocenters. The summed E-state index contributed by atoms with van der Waals surface area (Å²) in [7, 11) is -7.60. The lowest BCUT2D eigenvalue weighted by molar-refractivity contribution is 0.0692.